The highest BCUT2D eigenvalue weighted by atomic mass is 19.0. The van der Waals surface area contributed by atoms with E-state index in [2.05, 4.69) is 0 Å². The summed E-state index contributed by atoms with van der Waals surface area (Å²) in [7, 11) is 0. The van der Waals surface area contributed by atoms with Crippen molar-refractivity contribution < 1.29 is 9.44 Å². The molecule has 0 unspecified atom stereocenters. The highest BCUT2D eigenvalue weighted by molar-refractivity contribution is 4.73. The third-order valence-corrected chi connectivity index (χ3v) is 0.429. The van der Waals surface area contributed by atoms with Gasteiger partial charge in [-0.2, -0.15) is 0 Å². The molecule has 0 spiro atoms. The van der Waals surface area contributed by atoms with Gasteiger partial charge in [-0.3, -0.25) is 4.70 Å². The van der Waals surface area contributed by atoms with Gasteiger partial charge >= 0.3 is 0 Å². The lowest BCUT2D eigenvalue weighted by Crippen LogP contribution is -1.59. The Morgan fingerprint density at radius 2 is 1.38 bits per heavy atom. The van der Waals surface area contributed by atoms with Crippen LogP contribution in [-0.2, 0) is 4.74 Å². The van der Waals surface area contributed by atoms with Gasteiger partial charge in [-0.05, 0) is 13.8 Å². The molecule has 0 fully saturated rings. The SMILES string of the molecule is CC=COC=CC.F. The van der Waals surface area contributed by atoms with Crippen LogP contribution in [0.15, 0.2) is 24.7 Å². The van der Waals surface area contributed by atoms with Gasteiger partial charge in [0.05, 0.1) is 12.5 Å². The van der Waals surface area contributed by atoms with Gasteiger partial charge in [0.1, 0.15) is 0 Å². The number of allylic oxidation sites excluding steroid dienone is 2. The van der Waals surface area contributed by atoms with Gasteiger partial charge in [0.15, 0.2) is 0 Å². The molecule has 0 amide bonds. The lowest BCUT2D eigenvalue weighted by Gasteiger charge is -1.82. The first kappa shape index (κ1) is 10.2. The average Bonchev–Trinajstić information content (AvgIpc) is 1.69. The van der Waals surface area contributed by atoms with E-state index in [1.807, 2.05) is 26.0 Å². The molecule has 0 bridgehead atoms. The molecule has 0 aliphatic rings. The third-order valence-electron chi connectivity index (χ3n) is 0.429. The van der Waals surface area contributed by atoms with Gasteiger partial charge in [0.2, 0.25) is 0 Å². The smallest absolute Gasteiger partial charge is 0.0858 e. The molecule has 48 valence electrons. The minimum absolute atomic E-state index is 0. The number of hydrogen-bond acceptors (Lipinski definition) is 1. The summed E-state index contributed by atoms with van der Waals surface area (Å²) in [5, 5.41) is 0. The van der Waals surface area contributed by atoms with Crippen LogP contribution in [-0.4, -0.2) is 0 Å². The van der Waals surface area contributed by atoms with E-state index in [0.717, 1.165) is 0 Å². The van der Waals surface area contributed by atoms with Crippen LogP contribution in [0.4, 0.5) is 4.70 Å². The van der Waals surface area contributed by atoms with Crippen molar-refractivity contribution in [2.75, 3.05) is 0 Å². The Morgan fingerprint density at radius 3 is 1.62 bits per heavy atom. The molecule has 0 saturated heterocycles. The molecule has 0 aromatic rings. The molecule has 0 aliphatic heterocycles. The zero-order chi connectivity index (χ0) is 5.54. The van der Waals surface area contributed by atoms with Crippen molar-refractivity contribution in [2.45, 2.75) is 13.8 Å². The summed E-state index contributed by atoms with van der Waals surface area (Å²) in [5.41, 5.74) is 0. The quantitative estimate of drug-likeness (QED) is 0.505. The zero-order valence-corrected chi connectivity index (χ0v) is 5.13. The lowest BCUT2D eigenvalue weighted by atomic mass is 10.7. The van der Waals surface area contributed by atoms with E-state index in [1.54, 1.807) is 12.5 Å². The Bertz CT molecular complexity index is 66.6. The summed E-state index contributed by atoms with van der Waals surface area (Å²) in [6.07, 6.45) is 6.92. The normalized spacial score (nSPS) is 9.75. The number of rotatable bonds is 2. The molecule has 0 aliphatic carbocycles. The van der Waals surface area contributed by atoms with Gasteiger partial charge in [-0.15, -0.1) is 0 Å². The monoisotopic (exact) mass is 118 g/mol. The van der Waals surface area contributed by atoms with Crippen LogP contribution in [0, 0.1) is 0 Å². The zero-order valence-electron chi connectivity index (χ0n) is 5.13. The average molecular weight is 118 g/mol. The van der Waals surface area contributed by atoms with E-state index in [4.69, 9.17) is 4.74 Å². The maximum atomic E-state index is 4.77. The first-order valence-corrected chi connectivity index (χ1v) is 2.29. The first-order valence-electron chi connectivity index (χ1n) is 2.29. The van der Waals surface area contributed by atoms with E-state index in [-0.39, 0.29) is 4.70 Å². The molecule has 8 heavy (non-hydrogen) atoms. The Hall–Kier alpha value is -0.790. The molecule has 0 saturated carbocycles. The molecule has 0 radical (unpaired) electrons. The van der Waals surface area contributed by atoms with Crippen molar-refractivity contribution in [1.29, 1.82) is 0 Å². The largest absolute Gasteiger partial charge is 0.473 e. The maximum Gasteiger partial charge on any atom is 0.0858 e. The fourth-order valence-corrected chi connectivity index (χ4v) is 0.202. The van der Waals surface area contributed by atoms with E-state index in [9.17, 15) is 0 Å². The Labute approximate surface area is 49.0 Å². The molecular weight excluding hydrogens is 107 g/mol. The Kier molecular flexibility index (Phi) is 12.2. The van der Waals surface area contributed by atoms with E-state index >= 15 is 0 Å². The van der Waals surface area contributed by atoms with Gasteiger partial charge in [0.25, 0.3) is 0 Å². The summed E-state index contributed by atoms with van der Waals surface area (Å²) >= 11 is 0. The second-order valence-electron chi connectivity index (χ2n) is 1.07. The second-order valence-corrected chi connectivity index (χ2v) is 1.07. The van der Waals surface area contributed by atoms with Gasteiger partial charge in [-0.25, -0.2) is 0 Å². The molecule has 0 atom stereocenters. The Morgan fingerprint density at radius 1 is 1.00 bits per heavy atom. The van der Waals surface area contributed by atoms with Crippen LogP contribution >= 0.6 is 0 Å². The highest BCUT2D eigenvalue weighted by Gasteiger charge is 1.57. The van der Waals surface area contributed by atoms with Crippen molar-refractivity contribution in [3.63, 3.8) is 0 Å². The van der Waals surface area contributed by atoms with Crippen molar-refractivity contribution in [3.05, 3.63) is 24.7 Å². The van der Waals surface area contributed by atoms with Crippen molar-refractivity contribution in [1.82, 2.24) is 0 Å². The van der Waals surface area contributed by atoms with Crippen LogP contribution in [0.1, 0.15) is 13.8 Å². The van der Waals surface area contributed by atoms with Crippen molar-refractivity contribution >= 4 is 0 Å². The van der Waals surface area contributed by atoms with Gasteiger partial charge in [0, 0.05) is 0 Å². The number of ether oxygens (including phenoxy) is 1. The summed E-state index contributed by atoms with van der Waals surface area (Å²) in [4.78, 5) is 0. The molecular formula is C6H11FO. The topological polar surface area (TPSA) is 9.23 Å². The summed E-state index contributed by atoms with van der Waals surface area (Å²) in [6.45, 7) is 3.81. The first-order chi connectivity index (χ1) is 3.41. The molecule has 0 aromatic heterocycles. The second kappa shape index (κ2) is 9.51. The van der Waals surface area contributed by atoms with Crippen LogP contribution in [0.25, 0.3) is 0 Å². The summed E-state index contributed by atoms with van der Waals surface area (Å²) < 4.78 is 4.77. The van der Waals surface area contributed by atoms with Crippen LogP contribution in [0.2, 0.25) is 0 Å². The van der Waals surface area contributed by atoms with E-state index < -0.39 is 0 Å². The fourth-order valence-electron chi connectivity index (χ4n) is 0.202. The van der Waals surface area contributed by atoms with Crippen LogP contribution in [0.5, 0.6) is 0 Å². The van der Waals surface area contributed by atoms with E-state index in [1.165, 1.54) is 0 Å². The molecule has 0 aromatic carbocycles. The van der Waals surface area contributed by atoms with Crippen LogP contribution in [0.3, 0.4) is 0 Å². The molecule has 0 rings (SSSR count). The molecule has 2 heteroatoms. The molecule has 0 N–H and O–H groups in total. The van der Waals surface area contributed by atoms with Crippen LogP contribution < -0.4 is 0 Å². The lowest BCUT2D eigenvalue weighted by molar-refractivity contribution is 0.401. The predicted octanol–water partition coefficient (Wildman–Crippen LogP) is 2.22. The molecule has 0 heterocycles. The van der Waals surface area contributed by atoms with Gasteiger partial charge < -0.3 is 4.74 Å². The minimum Gasteiger partial charge on any atom is -0.473 e. The fraction of sp³-hybridized carbons (Fsp3) is 0.333. The van der Waals surface area contributed by atoms with E-state index in [0.29, 0.717) is 0 Å². The predicted molar refractivity (Wildman–Crippen MR) is 33.2 cm³/mol. The summed E-state index contributed by atoms with van der Waals surface area (Å²) in [6, 6.07) is 0. The standard InChI is InChI=1S/C6H10O.FH/c1-3-5-7-6-4-2;/h3-6H,1-2H3;1H. The Balaban J connectivity index is 0. The number of halogens is 1. The minimum atomic E-state index is 0. The molecule has 1 nitrogen and oxygen atoms in total. The van der Waals surface area contributed by atoms with Crippen molar-refractivity contribution in [2.24, 2.45) is 0 Å². The summed E-state index contributed by atoms with van der Waals surface area (Å²) in [5.74, 6) is 0. The third kappa shape index (κ3) is 8.96. The number of hydrogen-bond donors (Lipinski definition) is 0. The van der Waals surface area contributed by atoms with Gasteiger partial charge in [-0.1, -0.05) is 12.2 Å². The van der Waals surface area contributed by atoms with Crippen molar-refractivity contribution in [3.8, 4) is 0 Å². The maximum absolute atomic E-state index is 4.77. The highest BCUT2D eigenvalue weighted by Crippen LogP contribution is 1.76.